The topological polar surface area (TPSA) is 72.2 Å². The second-order valence-corrected chi connectivity index (χ2v) is 6.94. The van der Waals surface area contributed by atoms with Crippen LogP contribution in [0.4, 0.5) is 0 Å². The van der Waals surface area contributed by atoms with Gasteiger partial charge in [-0.2, -0.15) is 0 Å². The monoisotopic (exact) mass is 282 g/mol. The summed E-state index contributed by atoms with van der Waals surface area (Å²) in [4.78, 5) is 0.383. The van der Waals surface area contributed by atoms with Crippen molar-refractivity contribution in [2.75, 3.05) is 0 Å². The summed E-state index contributed by atoms with van der Waals surface area (Å²) >= 11 is 0. The van der Waals surface area contributed by atoms with Crippen molar-refractivity contribution in [3.63, 3.8) is 0 Å². The van der Waals surface area contributed by atoms with Crippen molar-refractivity contribution in [1.29, 1.82) is 0 Å². The summed E-state index contributed by atoms with van der Waals surface area (Å²) in [5.41, 5.74) is 6.84. The Labute approximate surface area is 115 Å². The maximum Gasteiger partial charge on any atom is 0.241 e. The lowest BCUT2D eigenvalue weighted by atomic mass is 10.0. The van der Waals surface area contributed by atoms with Crippen molar-refractivity contribution >= 4 is 10.0 Å². The molecule has 1 saturated carbocycles. The van der Waals surface area contributed by atoms with Crippen LogP contribution < -0.4 is 10.5 Å². The van der Waals surface area contributed by atoms with Crippen LogP contribution in [0.1, 0.15) is 38.2 Å². The summed E-state index contributed by atoms with van der Waals surface area (Å²) in [7, 11) is -3.39. The minimum absolute atomic E-state index is 0.0160. The molecule has 0 saturated heterocycles. The van der Waals surface area contributed by atoms with Crippen LogP contribution >= 0.6 is 0 Å². The van der Waals surface area contributed by atoms with Gasteiger partial charge in [-0.05, 0) is 37.3 Å². The fourth-order valence-electron chi connectivity index (χ4n) is 2.17. The Morgan fingerprint density at radius 1 is 1.37 bits per heavy atom. The van der Waals surface area contributed by atoms with E-state index in [4.69, 9.17) is 5.73 Å². The van der Waals surface area contributed by atoms with E-state index >= 15 is 0 Å². The van der Waals surface area contributed by atoms with Gasteiger partial charge in [0, 0.05) is 12.1 Å². The van der Waals surface area contributed by atoms with Crippen molar-refractivity contribution in [3.8, 4) is 0 Å². The lowest BCUT2D eigenvalue weighted by molar-refractivity contribution is 0.573. The maximum absolute atomic E-state index is 12.3. The average Bonchev–Trinajstić information content (AvgIpc) is 3.13. The van der Waals surface area contributed by atoms with Crippen LogP contribution in [0.5, 0.6) is 0 Å². The Kier molecular flexibility index (Phi) is 4.60. The first kappa shape index (κ1) is 14.5. The van der Waals surface area contributed by atoms with E-state index in [9.17, 15) is 8.42 Å². The van der Waals surface area contributed by atoms with Crippen LogP contribution in [0, 0.1) is 0 Å². The van der Waals surface area contributed by atoms with Crippen molar-refractivity contribution in [2.24, 2.45) is 5.73 Å². The third-order valence-electron chi connectivity index (χ3n) is 3.30. The second-order valence-electron chi connectivity index (χ2n) is 5.26. The van der Waals surface area contributed by atoms with E-state index in [1.807, 2.05) is 12.1 Å². The molecule has 1 aromatic carbocycles. The maximum atomic E-state index is 12.3. The Bertz CT molecular complexity index is 524. The summed E-state index contributed by atoms with van der Waals surface area (Å²) < 4.78 is 27.3. The van der Waals surface area contributed by atoms with Gasteiger partial charge < -0.3 is 5.73 Å². The largest absolute Gasteiger partial charge is 0.327 e. The molecule has 1 aliphatic rings. The third-order valence-corrected chi connectivity index (χ3v) is 4.92. The molecule has 0 aromatic heterocycles. The van der Waals surface area contributed by atoms with Crippen LogP contribution in [0.3, 0.4) is 0 Å². The normalized spacial score (nSPS) is 17.4. The van der Waals surface area contributed by atoms with Gasteiger partial charge in [-0.3, -0.25) is 0 Å². The zero-order valence-electron chi connectivity index (χ0n) is 11.3. The zero-order valence-corrected chi connectivity index (χ0v) is 12.1. The molecule has 19 heavy (non-hydrogen) atoms. The number of hydrogen-bond acceptors (Lipinski definition) is 3. The van der Waals surface area contributed by atoms with Gasteiger partial charge in [-0.25, -0.2) is 13.1 Å². The van der Waals surface area contributed by atoms with Crippen molar-refractivity contribution in [3.05, 3.63) is 29.8 Å². The highest BCUT2D eigenvalue weighted by Gasteiger charge is 2.29. The van der Waals surface area contributed by atoms with Gasteiger partial charge in [-0.1, -0.05) is 31.5 Å². The van der Waals surface area contributed by atoms with Gasteiger partial charge in [0.2, 0.25) is 10.0 Å². The van der Waals surface area contributed by atoms with E-state index in [0.29, 0.717) is 11.3 Å². The SMILES string of the molecule is CCCC(N)Cc1ccccc1S(=O)(=O)NC1CC1. The van der Waals surface area contributed by atoms with Gasteiger partial charge in [0.15, 0.2) is 0 Å². The lowest BCUT2D eigenvalue weighted by Crippen LogP contribution is -2.28. The molecule has 4 nitrogen and oxygen atoms in total. The Balaban J connectivity index is 2.19. The lowest BCUT2D eigenvalue weighted by Gasteiger charge is -2.14. The molecule has 0 spiro atoms. The summed E-state index contributed by atoms with van der Waals surface area (Å²) in [5, 5.41) is 0. The second kappa shape index (κ2) is 6.03. The first-order valence-corrected chi connectivity index (χ1v) is 8.37. The Morgan fingerprint density at radius 3 is 2.68 bits per heavy atom. The van der Waals surface area contributed by atoms with E-state index in [2.05, 4.69) is 11.6 Å². The minimum Gasteiger partial charge on any atom is -0.327 e. The quantitative estimate of drug-likeness (QED) is 0.801. The van der Waals surface area contributed by atoms with Crippen LogP contribution in [-0.2, 0) is 16.4 Å². The first-order chi connectivity index (χ1) is 9.03. The average molecular weight is 282 g/mol. The van der Waals surface area contributed by atoms with Crippen molar-refractivity contribution in [2.45, 2.75) is 56.0 Å². The molecule has 0 amide bonds. The molecule has 106 valence electrons. The molecule has 1 aliphatic carbocycles. The molecule has 0 radical (unpaired) electrons. The summed E-state index contributed by atoms with van der Waals surface area (Å²) in [6.45, 7) is 2.08. The minimum atomic E-state index is -3.39. The van der Waals surface area contributed by atoms with Crippen LogP contribution in [0.15, 0.2) is 29.2 Å². The molecular weight excluding hydrogens is 260 g/mol. The Morgan fingerprint density at radius 2 is 2.05 bits per heavy atom. The molecule has 5 heteroatoms. The van der Waals surface area contributed by atoms with Gasteiger partial charge >= 0.3 is 0 Å². The van der Waals surface area contributed by atoms with E-state index in [1.165, 1.54) is 0 Å². The number of hydrogen-bond donors (Lipinski definition) is 2. The van der Waals surface area contributed by atoms with E-state index in [-0.39, 0.29) is 12.1 Å². The molecule has 1 atom stereocenters. The van der Waals surface area contributed by atoms with E-state index in [1.54, 1.807) is 12.1 Å². The van der Waals surface area contributed by atoms with Crippen molar-refractivity contribution in [1.82, 2.24) is 4.72 Å². The van der Waals surface area contributed by atoms with Gasteiger partial charge in [0.1, 0.15) is 0 Å². The number of nitrogens with two attached hydrogens (primary N) is 1. The van der Waals surface area contributed by atoms with Crippen LogP contribution in [-0.4, -0.2) is 20.5 Å². The van der Waals surface area contributed by atoms with Crippen molar-refractivity contribution < 1.29 is 8.42 Å². The van der Waals surface area contributed by atoms with Gasteiger partial charge in [0.25, 0.3) is 0 Å². The molecular formula is C14H22N2O2S. The highest BCUT2D eigenvalue weighted by atomic mass is 32.2. The van der Waals surface area contributed by atoms with Crippen LogP contribution in [0.2, 0.25) is 0 Å². The molecule has 2 rings (SSSR count). The predicted molar refractivity (Wildman–Crippen MR) is 76.4 cm³/mol. The molecule has 1 unspecified atom stereocenters. The highest BCUT2D eigenvalue weighted by Crippen LogP contribution is 2.24. The predicted octanol–water partition coefficient (Wildman–Crippen LogP) is 1.80. The highest BCUT2D eigenvalue weighted by molar-refractivity contribution is 7.89. The van der Waals surface area contributed by atoms with E-state index in [0.717, 1.165) is 31.2 Å². The van der Waals surface area contributed by atoms with Gasteiger partial charge in [-0.15, -0.1) is 0 Å². The standard InChI is InChI=1S/C14H22N2O2S/c1-2-5-12(15)10-11-6-3-4-7-14(11)19(17,18)16-13-8-9-13/h3-4,6-7,12-13,16H,2,5,8-10,15H2,1H3. The zero-order chi connectivity index (χ0) is 13.9. The fraction of sp³-hybridized carbons (Fsp3) is 0.571. The molecule has 0 bridgehead atoms. The van der Waals surface area contributed by atoms with Crippen LogP contribution in [0.25, 0.3) is 0 Å². The van der Waals surface area contributed by atoms with E-state index < -0.39 is 10.0 Å². The first-order valence-electron chi connectivity index (χ1n) is 6.88. The smallest absolute Gasteiger partial charge is 0.241 e. The fourth-order valence-corrected chi connectivity index (χ4v) is 3.73. The third kappa shape index (κ3) is 4.03. The van der Waals surface area contributed by atoms with Gasteiger partial charge in [0.05, 0.1) is 4.90 Å². The summed E-state index contributed by atoms with van der Waals surface area (Å²) in [6.07, 6.45) is 4.41. The molecule has 3 N–H and O–H groups in total. The summed E-state index contributed by atoms with van der Waals surface area (Å²) in [5.74, 6) is 0. The number of nitrogens with one attached hydrogen (secondary N) is 1. The number of sulfonamides is 1. The molecule has 1 aromatic rings. The number of rotatable bonds is 7. The number of benzene rings is 1. The summed E-state index contributed by atoms with van der Waals surface area (Å²) in [6, 6.07) is 7.29. The molecule has 0 aliphatic heterocycles. The molecule has 0 heterocycles. The Hall–Kier alpha value is -0.910. The molecule has 1 fully saturated rings.